The molecule has 3 rings (SSSR count). The molecule has 0 amide bonds. The van der Waals surface area contributed by atoms with Crippen molar-refractivity contribution in [3.8, 4) is 11.1 Å². The summed E-state index contributed by atoms with van der Waals surface area (Å²) >= 11 is 0. The number of benzene rings is 3. The summed E-state index contributed by atoms with van der Waals surface area (Å²) in [7, 11) is 0. The molecule has 0 N–H and O–H groups in total. The van der Waals surface area contributed by atoms with Gasteiger partial charge in [0.25, 0.3) is 0 Å². The lowest BCUT2D eigenvalue weighted by Crippen LogP contribution is -2.05. The number of hydrogen-bond donors (Lipinski definition) is 0. The summed E-state index contributed by atoms with van der Waals surface area (Å²) < 4.78 is 13.8. The predicted octanol–water partition coefficient (Wildman–Crippen LogP) is 4.72. The van der Waals surface area contributed by atoms with Gasteiger partial charge in [-0.15, -0.1) is 0 Å². The number of rotatable bonds is 3. The number of ketones is 1. The molecule has 3 aromatic carbocycles. The minimum atomic E-state index is -0.495. The van der Waals surface area contributed by atoms with Gasteiger partial charge in [0.2, 0.25) is 0 Å². The minimum absolute atomic E-state index is 0.0980. The topological polar surface area (TPSA) is 17.1 Å². The fourth-order valence-corrected chi connectivity index (χ4v) is 2.34. The van der Waals surface area contributed by atoms with E-state index in [-0.39, 0.29) is 11.3 Å². The Morgan fingerprint density at radius 2 is 1.24 bits per heavy atom. The molecule has 0 heterocycles. The first kappa shape index (κ1) is 13.3. The molecule has 0 aliphatic rings. The van der Waals surface area contributed by atoms with Crippen LogP contribution in [-0.4, -0.2) is 5.78 Å². The molecule has 0 aliphatic carbocycles. The molecule has 0 unspecified atom stereocenters. The average Bonchev–Trinajstić information content (AvgIpc) is 2.55. The number of hydrogen-bond acceptors (Lipinski definition) is 1. The van der Waals surface area contributed by atoms with E-state index < -0.39 is 5.82 Å². The summed E-state index contributed by atoms with van der Waals surface area (Å²) in [4.78, 5) is 12.6. The van der Waals surface area contributed by atoms with E-state index in [1.165, 1.54) is 12.1 Å². The van der Waals surface area contributed by atoms with Crippen molar-refractivity contribution < 1.29 is 9.18 Å². The highest BCUT2D eigenvalue weighted by Gasteiger charge is 2.17. The molecule has 3 aromatic rings. The first-order valence-electron chi connectivity index (χ1n) is 6.71. The third kappa shape index (κ3) is 2.61. The minimum Gasteiger partial charge on any atom is -0.288 e. The molecule has 102 valence electrons. The van der Waals surface area contributed by atoms with Gasteiger partial charge in [0.05, 0.1) is 5.56 Å². The van der Waals surface area contributed by atoms with E-state index in [4.69, 9.17) is 0 Å². The van der Waals surface area contributed by atoms with Crippen LogP contribution in [0.15, 0.2) is 78.9 Å². The van der Waals surface area contributed by atoms with Crippen molar-refractivity contribution in [2.75, 3.05) is 0 Å². The molecule has 0 fully saturated rings. The summed E-state index contributed by atoms with van der Waals surface area (Å²) in [5.41, 5.74) is 2.36. The normalized spacial score (nSPS) is 10.3. The van der Waals surface area contributed by atoms with Crippen molar-refractivity contribution in [1.82, 2.24) is 0 Å². The first-order chi connectivity index (χ1) is 10.3. The van der Waals surface area contributed by atoms with Gasteiger partial charge in [-0.05, 0) is 23.3 Å². The molecular weight excluding hydrogens is 263 g/mol. The van der Waals surface area contributed by atoms with Crippen molar-refractivity contribution in [3.63, 3.8) is 0 Å². The third-order valence-electron chi connectivity index (χ3n) is 3.37. The molecule has 1 nitrogen and oxygen atoms in total. The van der Waals surface area contributed by atoms with Gasteiger partial charge >= 0.3 is 0 Å². The smallest absolute Gasteiger partial charge is 0.196 e. The van der Waals surface area contributed by atoms with E-state index in [0.29, 0.717) is 5.56 Å². The molecule has 0 atom stereocenters. The Morgan fingerprint density at radius 3 is 1.95 bits per heavy atom. The summed E-state index contributed by atoms with van der Waals surface area (Å²) in [6.07, 6.45) is 0. The van der Waals surface area contributed by atoms with Crippen molar-refractivity contribution in [1.29, 1.82) is 0 Å². The maximum absolute atomic E-state index is 13.8. The van der Waals surface area contributed by atoms with Crippen LogP contribution in [0.2, 0.25) is 0 Å². The highest BCUT2D eigenvalue weighted by molar-refractivity contribution is 6.12. The van der Waals surface area contributed by atoms with Crippen LogP contribution < -0.4 is 0 Å². The molecule has 0 spiro atoms. The third-order valence-corrected chi connectivity index (χ3v) is 3.37. The van der Waals surface area contributed by atoms with Crippen LogP contribution >= 0.6 is 0 Å². The lowest BCUT2D eigenvalue weighted by molar-refractivity contribution is 0.103. The number of carbonyl (C=O) groups excluding carboxylic acids is 1. The van der Waals surface area contributed by atoms with Gasteiger partial charge in [0, 0.05) is 5.56 Å². The van der Waals surface area contributed by atoms with Gasteiger partial charge in [-0.25, -0.2) is 4.39 Å². The maximum Gasteiger partial charge on any atom is 0.196 e. The van der Waals surface area contributed by atoms with Crippen molar-refractivity contribution >= 4 is 5.78 Å². The predicted molar refractivity (Wildman–Crippen MR) is 81.7 cm³/mol. The Morgan fingerprint density at radius 1 is 0.667 bits per heavy atom. The molecule has 0 aromatic heterocycles. The van der Waals surface area contributed by atoms with Gasteiger partial charge in [-0.2, -0.15) is 0 Å². The molecule has 0 bridgehead atoms. The Kier molecular flexibility index (Phi) is 3.61. The summed E-state index contributed by atoms with van der Waals surface area (Å²) in [5.74, 6) is -0.794. The number of halogens is 1. The zero-order valence-corrected chi connectivity index (χ0v) is 11.3. The Bertz CT molecular complexity index is 778. The van der Waals surface area contributed by atoms with Crippen LogP contribution in [0.5, 0.6) is 0 Å². The van der Waals surface area contributed by atoms with Gasteiger partial charge in [-0.3, -0.25) is 4.79 Å². The van der Waals surface area contributed by atoms with Crippen molar-refractivity contribution in [2.24, 2.45) is 0 Å². The molecule has 0 radical (unpaired) electrons. The molecule has 2 heteroatoms. The quantitative estimate of drug-likeness (QED) is 0.632. The highest BCUT2D eigenvalue weighted by Crippen LogP contribution is 2.26. The molecule has 0 saturated carbocycles. The van der Waals surface area contributed by atoms with Crippen LogP contribution in [0.25, 0.3) is 11.1 Å². The first-order valence-corrected chi connectivity index (χ1v) is 6.71. The molecule has 0 aliphatic heterocycles. The van der Waals surface area contributed by atoms with Gasteiger partial charge in [0.15, 0.2) is 5.78 Å². The summed E-state index contributed by atoms with van der Waals surface area (Å²) in [5, 5.41) is 0. The largest absolute Gasteiger partial charge is 0.288 e. The zero-order valence-electron chi connectivity index (χ0n) is 11.3. The standard InChI is InChI=1S/C19H13FO/c20-18-13-7-6-12-17(18)19(21)16-11-5-4-10-15(16)14-8-2-1-3-9-14/h1-13H. The van der Waals surface area contributed by atoms with E-state index in [9.17, 15) is 9.18 Å². The van der Waals surface area contributed by atoms with Crippen LogP contribution in [0.3, 0.4) is 0 Å². The van der Waals surface area contributed by atoms with Crippen LogP contribution in [-0.2, 0) is 0 Å². The van der Waals surface area contributed by atoms with E-state index in [0.717, 1.165) is 11.1 Å². The Balaban J connectivity index is 2.12. The Hall–Kier alpha value is -2.74. The summed E-state index contributed by atoms with van der Waals surface area (Å²) in [6.45, 7) is 0. The van der Waals surface area contributed by atoms with E-state index >= 15 is 0 Å². The summed E-state index contributed by atoms with van der Waals surface area (Å²) in [6, 6.07) is 23.0. The second kappa shape index (κ2) is 5.71. The zero-order chi connectivity index (χ0) is 14.7. The van der Waals surface area contributed by atoms with Crippen LogP contribution in [0.1, 0.15) is 15.9 Å². The fourth-order valence-electron chi connectivity index (χ4n) is 2.34. The van der Waals surface area contributed by atoms with Crippen molar-refractivity contribution in [2.45, 2.75) is 0 Å². The lowest BCUT2D eigenvalue weighted by atomic mass is 9.94. The van der Waals surface area contributed by atoms with Crippen LogP contribution in [0, 0.1) is 5.82 Å². The second-order valence-corrected chi connectivity index (χ2v) is 4.72. The fraction of sp³-hybridized carbons (Fsp3) is 0. The van der Waals surface area contributed by atoms with E-state index in [1.54, 1.807) is 24.3 Å². The number of carbonyl (C=O) groups is 1. The average molecular weight is 276 g/mol. The van der Waals surface area contributed by atoms with Gasteiger partial charge < -0.3 is 0 Å². The molecular formula is C19H13FO. The van der Waals surface area contributed by atoms with Gasteiger partial charge in [0.1, 0.15) is 5.82 Å². The maximum atomic E-state index is 13.8. The van der Waals surface area contributed by atoms with Gasteiger partial charge in [-0.1, -0.05) is 66.7 Å². The van der Waals surface area contributed by atoms with Crippen molar-refractivity contribution in [3.05, 3.63) is 95.8 Å². The molecule has 21 heavy (non-hydrogen) atoms. The molecule has 0 saturated heterocycles. The lowest BCUT2D eigenvalue weighted by Gasteiger charge is -2.09. The van der Waals surface area contributed by atoms with E-state index in [2.05, 4.69) is 0 Å². The monoisotopic (exact) mass is 276 g/mol. The highest BCUT2D eigenvalue weighted by atomic mass is 19.1. The SMILES string of the molecule is O=C(c1ccccc1F)c1ccccc1-c1ccccc1. The van der Waals surface area contributed by atoms with Crippen LogP contribution in [0.4, 0.5) is 4.39 Å². The Labute approximate surface area is 122 Å². The van der Waals surface area contributed by atoms with E-state index in [1.807, 2.05) is 42.5 Å². The second-order valence-electron chi connectivity index (χ2n) is 4.72.